The van der Waals surface area contributed by atoms with E-state index >= 15 is 8.78 Å². The van der Waals surface area contributed by atoms with Crippen LogP contribution in [0.3, 0.4) is 0 Å². The molecule has 5 aliphatic heterocycles. The highest BCUT2D eigenvalue weighted by molar-refractivity contribution is 8.14. The third-order valence-electron chi connectivity index (χ3n) is 11.0. The van der Waals surface area contributed by atoms with Crippen LogP contribution in [0.2, 0.25) is 0 Å². The fraction of sp³-hybridized carbons (Fsp3) is 0.595. The van der Waals surface area contributed by atoms with Crippen LogP contribution in [0, 0.1) is 18.3 Å². The topological polar surface area (TPSA) is 44.3 Å². The number of benzene rings is 1. The van der Waals surface area contributed by atoms with Gasteiger partial charge in [0.15, 0.2) is 0 Å². The fourth-order valence-electron chi connectivity index (χ4n) is 7.72. The quantitative estimate of drug-likeness (QED) is 0.205. The highest BCUT2D eigenvalue weighted by atomic mass is 32.2. The number of aryl methyl sites for hydroxylation is 1. The molecule has 1 aromatic carbocycles. The van der Waals surface area contributed by atoms with Crippen molar-refractivity contribution in [3.05, 3.63) is 64.6 Å². The van der Waals surface area contributed by atoms with E-state index in [0.29, 0.717) is 24.6 Å². The van der Waals surface area contributed by atoms with Gasteiger partial charge in [-0.1, -0.05) is 50.4 Å². The number of hydrogen-bond donors (Lipinski definition) is 3. The molecule has 1 aromatic heterocycles. The van der Waals surface area contributed by atoms with Gasteiger partial charge in [0.05, 0.1) is 15.3 Å². The summed E-state index contributed by atoms with van der Waals surface area (Å²) in [7, 11) is 0.189. The number of rotatable bonds is 1. The van der Waals surface area contributed by atoms with E-state index < -0.39 is 10.8 Å². The first kappa shape index (κ1) is 35.0. The monoisotopic (exact) mass is 699 g/mol. The van der Waals surface area contributed by atoms with Gasteiger partial charge in [0.1, 0.15) is 17.5 Å². The van der Waals surface area contributed by atoms with Gasteiger partial charge >= 0.3 is 0 Å². The number of thiol groups is 2. The van der Waals surface area contributed by atoms with E-state index in [-0.39, 0.29) is 38.7 Å². The number of hydrogen-bond acceptors (Lipinski definition) is 7. The van der Waals surface area contributed by atoms with Gasteiger partial charge in [-0.3, -0.25) is 4.90 Å². The summed E-state index contributed by atoms with van der Waals surface area (Å²) in [6, 6.07) is 6.85. The molecule has 2 unspecified atom stereocenters. The van der Waals surface area contributed by atoms with Crippen LogP contribution in [-0.4, -0.2) is 55.1 Å². The molecule has 0 aliphatic carbocycles. The highest BCUT2D eigenvalue weighted by Gasteiger charge is 2.44. The van der Waals surface area contributed by atoms with Crippen molar-refractivity contribution in [1.82, 2.24) is 14.9 Å². The van der Waals surface area contributed by atoms with Gasteiger partial charge in [-0.15, -0.1) is 0 Å². The van der Waals surface area contributed by atoms with E-state index in [2.05, 4.69) is 47.8 Å². The Morgan fingerprint density at radius 3 is 2.36 bits per heavy atom. The summed E-state index contributed by atoms with van der Waals surface area (Å²) in [6.07, 6.45) is 8.38. The smallest absolute Gasteiger partial charge is 0.273 e. The summed E-state index contributed by atoms with van der Waals surface area (Å²) in [5.74, 6) is 6.09. The third kappa shape index (κ3) is 7.22. The van der Waals surface area contributed by atoms with E-state index in [1.54, 1.807) is 18.2 Å². The zero-order valence-corrected chi connectivity index (χ0v) is 31.0. The Morgan fingerprint density at radius 2 is 1.66 bits per heavy atom. The van der Waals surface area contributed by atoms with Crippen LogP contribution < -0.4 is 10.2 Å². The number of halogens is 2. The standard InChI is InChI=1S/C37H51F2N5S3/c1-25-31(34(3)16-18-47(6)19-17-34)21-30-32-40-22-27-10-9-11-29(20-27)37(38,39)15-12-28-23-43(24-28)35(4,45)13-7-8-14-36(5,46)44(25)33(30)42-26(2)41-32/h9-11,20-21,28,45-46H,1,6-8,12-19,22-24H2,2-5H3,(H,40,41,42). The van der Waals surface area contributed by atoms with E-state index in [1.807, 2.05) is 13.0 Å². The van der Waals surface area contributed by atoms with Crippen molar-refractivity contribution in [1.29, 1.82) is 0 Å². The molecule has 1 N–H and O–H groups in total. The average molecular weight is 700 g/mol. The second-order valence-electron chi connectivity index (χ2n) is 15.0. The summed E-state index contributed by atoms with van der Waals surface area (Å²) < 4.78 is 31.1. The molecule has 0 amide bonds. The lowest BCUT2D eigenvalue weighted by molar-refractivity contribution is -0.0357. The second-order valence-corrected chi connectivity index (χ2v) is 19.0. The van der Waals surface area contributed by atoms with Crippen LogP contribution in [0.5, 0.6) is 0 Å². The molecule has 0 saturated carbocycles. The maximum absolute atomic E-state index is 15.5. The van der Waals surface area contributed by atoms with Crippen LogP contribution in [0.25, 0.3) is 6.08 Å². The molecule has 0 spiro atoms. The van der Waals surface area contributed by atoms with Crippen molar-refractivity contribution in [2.75, 3.05) is 34.8 Å². The van der Waals surface area contributed by atoms with Gasteiger partial charge in [0, 0.05) is 37.3 Å². The van der Waals surface area contributed by atoms with Crippen LogP contribution in [-0.2, 0) is 12.5 Å². The van der Waals surface area contributed by atoms with Gasteiger partial charge in [-0.2, -0.15) is 35.7 Å². The molecule has 2 atom stereocenters. The molecular formula is C37H51F2N5S3. The molecule has 47 heavy (non-hydrogen) atoms. The number of alkyl halides is 2. The Bertz CT molecular complexity index is 1570. The minimum atomic E-state index is -2.89. The van der Waals surface area contributed by atoms with E-state index in [1.165, 1.54) is 5.57 Å². The number of aromatic nitrogens is 2. The first-order chi connectivity index (χ1) is 22.1. The third-order valence-corrected chi connectivity index (χ3v) is 13.5. The van der Waals surface area contributed by atoms with Gasteiger partial charge in [0.25, 0.3) is 5.92 Å². The van der Waals surface area contributed by atoms with Gasteiger partial charge in [0.2, 0.25) is 0 Å². The lowest BCUT2D eigenvalue weighted by Gasteiger charge is -2.49. The zero-order valence-electron chi connectivity index (χ0n) is 28.4. The lowest BCUT2D eigenvalue weighted by Crippen LogP contribution is -2.56. The molecule has 8 bridgehead atoms. The Kier molecular flexibility index (Phi) is 9.75. The van der Waals surface area contributed by atoms with Crippen molar-refractivity contribution in [3.8, 4) is 0 Å². The molecule has 7 rings (SSSR count). The van der Waals surface area contributed by atoms with E-state index in [9.17, 15) is 0 Å². The largest absolute Gasteiger partial charge is 0.365 e. The number of anilines is 2. The van der Waals surface area contributed by atoms with Gasteiger partial charge in [-0.05, 0) is 99.0 Å². The number of fused-ring (bicyclic) bond motifs is 8. The molecule has 5 nitrogen and oxygen atoms in total. The minimum Gasteiger partial charge on any atom is -0.365 e. The molecule has 10 heteroatoms. The average Bonchev–Trinajstić information content (AvgIpc) is 2.98. The number of nitrogens with one attached hydrogen (secondary N) is 1. The van der Waals surface area contributed by atoms with Crippen LogP contribution in [0.1, 0.15) is 94.7 Å². The summed E-state index contributed by atoms with van der Waals surface area (Å²) in [6.45, 7) is 15.3. The van der Waals surface area contributed by atoms with Crippen LogP contribution in [0.4, 0.5) is 20.4 Å². The van der Waals surface area contributed by atoms with Crippen LogP contribution >= 0.6 is 35.7 Å². The molecule has 0 radical (unpaired) electrons. The number of allylic oxidation sites excluding steroid dienone is 1. The first-order valence-electron chi connectivity index (χ1n) is 17.1. The molecular weight excluding hydrogens is 649 g/mol. The van der Waals surface area contributed by atoms with E-state index in [4.69, 9.17) is 41.8 Å². The Balaban J connectivity index is 1.41. The predicted molar refractivity (Wildman–Crippen MR) is 203 cm³/mol. The van der Waals surface area contributed by atoms with Crippen LogP contribution in [0.15, 0.2) is 42.1 Å². The molecule has 2 fully saturated rings. The lowest BCUT2D eigenvalue weighted by atomic mass is 9.73. The summed E-state index contributed by atoms with van der Waals surface area (Å²) >= 11 is 10.4. The molecule has 5 aliphatic rings. The SMILES string of the molecule is C=C1C(C2(C)CCS(=C)CC2)=Cc2c3nc(C)nc2N1C(C)(S)CCCCC(C)(S)N1CC(CCC(F)(F)c2cccc(c2)CN3)C1. The van der Waals surface area contributed by atoms with Gasteiger partial charge < -0.3 is 10.2 Å². The molecule has 2 saturated heterocycles. The zero-order chi connectivity index (χ0) is 33.8. The molecule has 2 aromatic rings. The van der Waals surface area contributed by atoms with Crippen molar-refractivity contribution >= 4 is 59.3 Å². The highest BCUT2D eigenvalue weighted by Crippen LogP contribution is 2.52. The normalized spacial score (nSPS) is 34.7. The van der Waals surface area contributed by atoms with Crippen molar-refractivity contribution in [2.45, 2.75) is 101 Å². The van der Waals surface area contributed by atoms with Crippen molar-refractivity contribution in [3.63, 3.8) is 0 Å². The summed E-state index contributed by atoms with van der Waals surface area (Å²) in [5, 5.41) is 3.53. The summed E-state index contributed by atoms with van der Waals surface area (Å²) in [5.41, 5.74) is 3.86. The first-order valence-corrected chi connectivity index (χ1v) is 19.7. The number of nitrogens with zero attached hydrogens (tertiary/aromatic N) is 4. The minimum absolute atomic E-state index is 0.0602. The van der Waals surface area contributed by atoms with Crippen molar-refractivity contribution < 1.29 is 8.78 Å². The Labute approximate surface area is 293 Å². The molecule has 6 heterocycles. The van der Waals surface area contributed by atoms with Crippen molar-refractivity contribution in [2.24, 2.45) is 11.3 Å². The van der Waals surface area contributed by atoms with Gasteiger partial charge in [-0.25, -0.2) is 18.7 Å². The second kappa shape index (κ2) is 13.1. The molecule has 256 valence electrons. The summed E-state index contributed by atoms with van der Waals surface area (Å²) in [4.78, 5) is 13.6. The predicted octanol–water partition coefficient (Wildman–Crippen LogP) is 9.29. The fourth-order valence-corrected chi connectivity index (χ4v) is 10.1. The Hall–Kier alpha value is -1.88. The maximum atomic E-state index is 15.5. The Morgan fingerprint density at radius 1 is 0.979 bits per heavy atom. The maximum Gasteiger partial charge on any atom is 0.273 e. The van der Waals surface area contributed by atoms with E-state index in [0.717, 1.165) is 85.8 Å².